The molecule has 0 aliphatic heterocycles. The normalized spacial score (nSPS) is 10.8. The molecule has 0 aliphatic carbocycles. The predicted octanol–water partition coefficient (Wildman–Crippen LogP) is 1.57. The first-order chi connectivity index (χ1) is 12.1. The maximum absolute atomic E-state index is 12.2. The zero-order valence-electron chi connectivity index (χ0n) is 13.6. The lowest BCUT2D eigenvalue weighted by molar-refractivity contribution is 0.0233. The van der Waals surface area contributed by atoms with Crippen molar-refractivity contribution < 1.29 is 9.63 Å². The van der Waals surface area contributed by atoms with Crippen LogP contribution in [0.15, 0.2) is 58.1 Å². The third kappa shape index (κ3) is 3.51. The standard InChI is InChI=1S/C18H17N3O4/c1-2-21-15-9-8-13(10-14(15)19-17(23)18(21)24)16(22)20-25-11-12-6-4-3-5-7-12/h3-10H,2,11H2,1H3,(H,19,23)(H,20,22). The minimum absolute atomic E-state index is 0.242. The number of rotatable bonds is 5. The fraction of sp³-hybridized carbons (Fsp3) is 0.167. The van der Waals surface area contributed by atoms with Crippen LogP contribution in [-0.2, 0) is 18.0 Å². The maximum Gasteiger partial charge on any atom is 0.316 e. The summed E-state index contributed by atoms with van der Waals surface area (Å²) in [5, 5.41) is 0. The summed E-state index contributed by atoms with van der Waals surface area (Å²) < 4.78 is 1.36. The first kappa shape index (κ1) is 16.7. The lowest BCUT2D eigenvalue weighted by Gasteiger charge is -2.09. The summed E-state index contributed by atoms with van der Waals surface area (Å²) in [5.41, 5.74) is 3.27. The van der Waals surface area contributed by atoms with Crippen LogP contribution in [0.2, 0.25) is 0 Å². The number of aryl methyl sites for hydroxylation is 1. The second-order valence-corrected chi connectivity index (χ2v) is 5.44. The summed E-state index contributed by atoms with van der Waals surface area (Å²) in [6, 6.07) is 14.2. The van der Waals surface area contributed by atoms with Gasteiger partial charge in [0.2, 0.25) is 0 Å². The number of carbonyl (C=O) groups is 1. The molecule has 7 heteroatoms. The Balaban J connectivity index is 1.79. The molecule has 0 fully saturated rings. The zero-order valence-corrected chi connectivity index (χ0v) is 13.6. The average molecular weight is 339 g/mol. The second-order valence-electron chi connectivity index (χ2n) is 5.44. The van der Waals surface area contributed by atoms with E-state index in [1.165, 1.54) is 10.6 Å². The molecule has 2 aromatic carbocycles. The van der Waals surface area contributed by atoms with E-state index >= 15 is 0 Å². The zero-order chi connectivity index (χ0) is 17.8. The van der Waals surface area contributed by atoms with Crippen LogP contribution in [0.1, 0.15) is 22.8 Å². The van der Waals surface area contributed by atoms with Gasteiger partial charge in [-0.1, -0.05) is 30.3 Å². The summed E-state index contributed by atoms with van der Waals surface area (Å²) >= 11 is 0. The molecule has 0 bridgehead atoms. The smallest absolute Gasteiger partial charge is 0.316 e. The molecule has 0 radical (unpaired) electrons. The number of hydrogen-bond acceptors (Lipinski definition) is 4. The highest BCUT2D eigenvalue weighted by atomic mass is 16.6. The molecule has 0 saturated carbocycles. The van der Waals surface area contributed by atoms with Gasteiger partial charge in [-0.15, -0.1) is 0 Å². The molecule has 0 aliphatic rings. The highest BCUT2D eigenvalue weighted by Crippen LogP contribution is 2.11. The molecular weight excluding hydrogens is 322 g/mol. The van der Waals surface area contributed by atoms with E-state index < -0.39 is 17.0 Å². The van der Waals surface area contributed by atoms with Gasteiger partial charge in [0.25, 0.3) is 5.91 Å². The predicted molar refractivity (Wildman–Crippen MR) is 93.2 cm³/mol. The number of hydroxylamine groups is 1. The summed E-state index contributed by atoms with van der Waals surface area (Å²) in [6.07, 6.45) is 0. The van der Waals surface area contributed by atoms with Crippen molar-refractivity contribution in [3.63, 3.8) is 0 Å². The number of carbonyl (C=O) groups excluding carboxylic acids is 1. The van der Waals surface area contributed by atoms with Crippen LogP contribution < -0.4 is 16.6 Å². The van der Waals surface area contributed by atoms with Crippen molar-refractivity contribution in [1.29, 1.82) is 0 Å². The largest absolute Gasteiger partial charge is 0.316 e. The number of hydrogen-bond donors (Lipinski definition) is 2. The molecule has 7 nitrogen and oxygen atoms in total. The number of amides is 1. The number of fused-ring (bicyclic) bond motifs is 1. The van der Waals surface area contributed by atoms with Crippen molar-refractivity contribution in [3.8, 4) is 0 Å². The van der Waals surface area contributed by atoms with Gasteiger partial charge in [0, 0.05) is 12.1 Å². The molecule has 3 aromatic rings. The number of aromatic nitrogens is 2. The summed E-state index contributed by atoms with van der Waals surface area (Å²) in [7, 11) is 0. The van der Waals surface area contributed by atoms with Crippen molar-refractivity contribution in [2.45, 2.75) is 20.1 Å². The van der Waals surface area contributed by atoms with E-state index in [4.69, 9.17) is 4.84 Å². The number of nitrogens with zero attached hydrogens (tertiary/aromatic N) is 1. The van der Waals surface area contributed by atoms with E-state index in [0.29, 0.717) is 23.1 Å². The van der Waals surface area contributed by atoms with Crippen molar-refractivity contribution in [2.75, 3.05) is 0 Å². The van der Waals surface area contributed by atoms with Crippen LogP contribution >= 0.6 is 0 Å². The van der Waals surface area contributed by atoms with E-state index in [1.54, 1.807) is 19.1 Å². The minimum Gasteiger partial charge on any atom is -0.316 e. The van der Waals surface area contributed by atoms with Crippen LogP contribution in [0, 0.1) is 0 Å². The van der Waals surface area contributed by atoms with Gasteiger partial charge in [-0.05, 0) is 30.7 Å². The SMILES string of the molecule is CCn1c(=O)c(=O)[nH]c2cc(C(=O)NOCc3ccccc3)ccc21. The van der Waals surface area contributed by atoms with Gasteiger partial charge in [0.05, 0.1) is 17.6 Å². The van der Waals surface area contributed by atoms with Crippen LogP contribution in [-0.4, -0.2) is 15.5 Å². The Morgan fingerprint density at radius 1 is 1.16 bits per heavy atom. The summed E-state index contributed by atoms with van der Waals surface area (Å²) in [4.78, 5) is 43.4. The molecule has 1 aromatic heterocycles. The number of aromatic amines is 1. The summed E-state index contributed by atoms with van der Waals surface area (Å²) in [6.45, 7) is 2.38. The molecule has 1 heterocycles. The van der Waals surface area contributed by atoms with Gasteiger partial charge >= 0.3 is 11.1 Å². The average Bonchev–Trinajstić information content (AvgIpc) is 2.63. The number of nitrogens with one attached hydrogen (secondary N) is 2. The van der Waals surface area contributed by atoms with Gasteiger partial charge in [0.15, 0.2) is 0 Å². The molecule has 25 heavy (non-hydrogen) atoms. The Hall–Kier alpha value is -3.19. The molecule has 0 atom stereocenters. The fourth-order valence-corrected chi connectivity index (χ4v) is 2.55. The van der Waals surface area contributed by atoms with Crippen molar-refractivity contribution in [2.24, 2.45) is 0 Å². The Morgan fingerprint density at radius 2 is 1.92 bits per heavy atom. The monoisotopic (exact) mass is 339 g/mol. The van der Waals surface area contributed by atoms with Crippen molar-refractivity contribution in [1.82, 2.24) is 15.0 Å². The van der Waals surface area contributed by atoms with E-state index in [9.17, 15) is 14.4 Å². The topological polar surface area (TPSA) is 93.2 Å². The van der Waals surface area contributed by atoms with Crippen LogP contribution in [0.5, 0.6) is 0 Å². The first-order valence-corrected chi connectivity index (χ1v) is 7.83. The highest BCUT2D eigenvalue weighted by Gasteiger charge is 2.10. The Kier molecular flexibility index (Phi) is 4.76. The lowest BCUT2D eigenvalue weighted by Crippen LogP contribution is -2.36. The third-order valence-corrected chi connectivity index (χ3v) is 3.80. The van der Waals surface area contributed by atoms with Crippen LogP contribution in [0.4, 0.5) is 0 Å². The number of benzene rings is 2. The van der Waals surface area contributed by atoms with Gasteiger partial charge in [0.1, 0.15) is 0 Å². The van der Waals surface area contributed by atoms with E-state index in [0.717, 1.165) is 5.56 Å². The molecular formula is C18H17N3O4. The number of H-pyrrole nitrogens is 1. The molecule has 1 amide bonds. The molecule has 3 rings (SSSR count). The molecule has 128 valence electrons. The van der Waals surface area contributed by atoms with Crippen molar-refractivity contribution >= 4 is 16.9 Å². The quantitative estimate of drug-likeness (QED) is 0.545. The van der Waals surface area contributed by atoms with E-state index in [-0.39, 0.29) is 6.61 Å². The Morgan fingerprint density at radius 3 is 2.64 bits per heavy atom. The third-order valence-electron chi connectivity index (χ3n) is 3.80. The van der Waals surface area contributed by atoms with Gasteiger partial charge in [-0.3, -0.25) is 19.2 Å². The second kappa shape index (κ2) is 7.14. The maximum atomic E-state index is 12.2. The van der Waals surface area contributed by atoms with Gasteiger partial charge in [-0.2, -0.15) is 0 Å². The first-order valence-electron chi connectivity index (χ1n) is 7.83. The molecule has 0 spiro atoms. The Labute approximate surface area is 142 Å². The van der Waals surface area contributed by atoms with Crippen LogP contribution in [0.25, 0.3) is 11.0 Å². The van der Waals surface area contributed by atoms with Gasteiger partial charge in [-0.25, -0.2) is 5.48 Å². The Bertz CT molecular complexity index is 1020. The van der Waals surface area contributed by atoms with E-state index in [2.05, 4.69) is 10.5 Å². The highest BCUT2D eigenvalue weighted by molar-refractivity contribution is 5.96. The van der Waals surface area contributed by atoms with Crippen LogP contribution in [0.3, 0.4) is 0 Å². The molecule has 0 unspecified atom stereocenters. The van der Waals surface area contributed by atoms with E-state index in [1.807, 2.05) is 30.3 Å². The van der Waals surface area contributed by atoms with Gasteiger partial charge < -0.3 is 9.55 Å². The molecule has 0 saturated heterocycles. The fourth-order valence-electron chi connectivity index (χ4n) is 2.55. The van der Waals surface area contributed by atoms with Crippen molar-refractivity contribution in [3.05, 3.63) is 80.4 Å². The lowest BCUT2D eigenvalue weighted by atomic mass is 10.2. The minimum atomic E-state index is -0.716. The summed E-state index contributed by atoms with van der Waals surface area (Å²) in [5.74, 6) is -0.437. The molecule has 2 N–H and O–H groups in total.